The minimum Gasteiger partial charge on any atom is -0.462 e. The second kappa shape index (κ2) is 70.6. The average molecular weight is 1150 g/mol. The van der Waals surface area contributed by atoms with E-state index in [0.29, 0.717) is 19.3 Å². The monoisotopic (exact) mass is 1150 g/mol. The average Bonchev–Trinajstić information content (AvgIpc) is 3.48. The Balaban J connectivity index is 4.11. The van der Waals surface area contributed by atoms with Crippen LogP contribution in [0.15, 0.2) is 109 Å². The number of rotatable bonds is 64. The molecule has 0 aromatic rings. The molecule has 6 heteroatoms. The third-order valence-corrected chi connectivity index (χ3v) is 15.2. The van der Waals surface area contributed by atoms with Gasteiger partial charge in [-0.3, -0.25) is 14.4 Å². The summed E-state index contributed by atoms with van der Waals surface area (Å²) in [7, 11) is 0. The smallest absolute Gasteiger partial charge is 0.306 e. The Morgan fingerprint density at radius 2 is 0.470 bits per heavy atom. The van der Waals surface area contributed by atoms with Crippen molar-refractivity contribution in [1.29, 1.82) is 0 Å². The predicted octanol–water partition coefficient (Wildman–Crippen LogP) is 24.6. The standard InChI is InChI=1S/C77H132O6/c1-4-7-10-13-16-19-22-24-26-28-30-31-32-33-34-35-36-37-38-39-40-41-42-43-44-45-47-48-50-52-55-58-61-64-67-70-76(79)82-73-74(72-81-75(78)69-66-63-60-57-54-21-18-15-12-9-6-3)83-77(80)71-68-65-62-59-56-53-51-49-46-29-27-25-23-20-17-14-11-8-5-2/h7-8,10-11,15-20,24-27,30-31,46,49,74H,4-6,9,12-14,21-23,28-29,32-45,47-48,50-73H2,1-3H3/b10-7-,11-8-,18-15-,19-16-,20-17-,26-24-,27-25-,31-30-,49-46-. The number of hydrogen-bond donors (Lipinski definition) is 0. The van der Waals surface area contributed by atoms with Crippen molar-refractivity contribution in [2.45, 2.75) is 348 Å². The van der Waals surface area contributed by atoms with Gasteiger partial charge in [-0.1, -0.05) is 316 Å². The fourth-order valence-electron chi connectivity index (χ4n) is 10.00. The molecule has 0 rings (SSSR count). The van der Waals surface area contributed by atoms with Crippen LogP contribution in [0.5, 0.6) is 0 Å². The number of unbranched alkanes of at least 4 members (excludes halogenated alkanes) is 35. The van der Waals surface area contributed by atoms with Crippen LogP contribution in [0.3, 0.4) is 0 Å². The van der Waals surface area contributed by atoms with Crippen molar-refractivity contribution in [1.82, 2.24) is 0 Å². The maximum absolute atomic E-state index is 12.9. The molecule has 0 N–H and O–H groups in total. The van der Waals surface area contributed by atoms with Crippen molar-refractivity contribution >= 4 is 17.9 Å². The number of carbonyl (C=O) groups is 3. The van der Waals surface area contributed by atoms with Crippen LogP contribution in [-0.4, -0.2) is 37.2 Å². The van der Waals surface area contributed by atoms with E-state index in [1.807, 2.05) is 0 Å². The van der Waals surface area contributed by atoms with Crippen molar-refractivity contribution in [2.24, 2.45) is 0 Å². The van der Waals surface area contributed by atoms with E-state index in [1.54, 1.807) is 0 Å². The van der Waals surface area contributed by atoms with Gasteiger partial charge in [-0.2, -0.15) is 0 Å². The van der Waals surface area contributed by atoms with Crippen LogP contribution in [0.1, 0.15) is 342 Å². The summed E-state index contributed by atoms with van der Waals surface area (Å²) in [4.78, 5) is 38.3. The lowest BCUT2D eigenvalue weighted by Gasteiger charge is -2.18. The second-order valence-electron chi connectivity index (χ2n) is 23.4. The highest BCUT2D eigenvalue weighted by molar-refractivity contribution is 5.71. The van der Waals surface area contributed by atoms with Crippen LogP contribution in [0.4, 0.5) is 0 Å². The van der Waals surface area contributed by atoms with Crippen molar-refractivity contribution in [3.05, 3.63) is 109 Å². The van der Waals surface area contributed by atoms with Crippen LogP contribution in [-0.2, 0) is 28.6 Å². The van der Waals surface area contributed by atoms with Crippen molar-refractivity contribution in [2.75, 3.05) is 13.2 Å². The first kappa shape index (κ1) is 79.1. The van der Waals surface area contributed by atoms with E-state index >= 15 is 0 Å². The molecule has 0 aliphatic carbocycles. The van der Waals surface area contributed by atoms with Gasteiger partial charge in [-0.15, -0.1) is 0 Å². The molecule has 0 aromatic heterocycles. The third-order valence-electron chi connectivity index (χ3n) is 15.2. The summed E-state index contributed by atoms with van der Waals surface area (Å²) in [5, 5.41) is 0. The molecule has 0 radical (unpaired) electrons. The number of esters is 3. The topological polar surface area (TPSA) is 78.9 Å². The highest BCUT2D eigenvalue weighted by Gasteiger charge is 2.19. The van der Waals surface area contributed by atoms with Gasteiger partial charge in [0, 0.05) is 19.3 Å². The van der Waals surface area contributed by atoms with Crippen LogP contribution in [0.2, 0.25) is 0 Å². The Morgan fingerprint density at radius 3 is 0.747 bits per heavy atom. The van der Waals surface area contributed by atoms with Crippen molar-refractivity contribution in [3.8, 4) is 0 Å². The zero-order chi connectivity index (χ0) is 59.9. The largest absolute Gasteiger partial charge is 0.462 e. The second-order valence-corrected chi connectivity index (χ2v) is 23.4. The zero-order valence-corrected chi connectivity index (χ0v) is 54.7. The van der Waals surface area contributed by atoms with Gasteiger partial charge in [0.2, 0.25) is 0 Å². The quantitative estimate of drug-likeness (QED) is 0.0261. The van der Waals surface area contributed by atoms with Crippen LogP contribution >= 0.6 is 0 Å². The van der Waals surface area contributed by atoms with Gasteiger partial charge in [0.1, 0.15) is 13.2 Å². The van der Waals surface area contributed by atoms with E-state index in [1.165, 1.54) is 173 Å². The molecule has 0 aliphatic rings. The minimum atomic E-state index is -0.789. The van der Waals surface area contributed by atoms with E-state index in [-0.39, 0.29) is 31.1 Å². The lowest BCUT2D eigenvalue weighted by Crippen LogP contribution is -2.30. The van der Waals surface area contributed by atoms with Crippen LogP contribution in [0.25, 0.3) is 0 Å². The number of ether oxygens (including phenoxy) is 3. The molecule has 83 heavy (non-hydrogen) atoms. The summed E-state index contributed by atoms with van der Waals surface area (Å²) in [6, 6.07) is 0. The lowest BCUT2D eigenvalue weighted by atomic mass is 10.0. The Bertz CT molecular complexity index is 1660. The molecule has 0 fully saturated rings. The molecule has 0 bridgehead atoms. The van der Waals surface area contributed by atoms with E-state index in [2.05, 4.69) is 130 Å². The maximum Gasteiger partial charge on any atom is 0.306 e. The maximum atomic E-state index is 12.9. The number of allylic oxidation sites excluding steroid dienone is 18. The molecular weight excluding hydrogens is 1020 g/mol. The van der Waals surface area contributed by atoms with Gasteiger partial charge in [0.25, 0.3) is 0 Å². The summed E-state index contributed by atoms with van der Waals surface area (Å²) >= 11 is 0. The molecule has 476 valence electrons. The predicted molar refractivity (Wildman–Crippen MR) is 362 cm³/mol. The Labute approximate surface area is 514 Å². The first-order chi connectivity index (χ1) is 41.0. The van der Waals surface area contributed by atoms with Crippen LogP contribution in [0, 0.1) is 0 Å². The van der Waals surface area contributed by atoms with Crippen molar-refractivity contribution < 1.29 is 28.6 Å². The fourth-order valence-corrected chi connectivity index (χ4v) is 10.00. The summed E-state index contributed by atoms with van der Waals surface area (Å²) in [6.45, 7) is 6.39. The molecule has 1 unspecified atom stereocenters. The van der Waals surface area contributed by atoms with E-state index in [9.17, 15) is 14.4 Å². The molecule has 1 atom stereocenters. The normalized spacial score (nSPS) is 12.8. The summed E-state index contributed by atoms with van der Waals surface area (Å²) in [5.74, 6) is -0.895. The Kier molecular flexibility index (Phi) is 67.2. The molecule has 0 saturated heterocycles. The highest BCUT2D eigenvalue weighted by atomic mass is 16.6. The van der Waals surface area contributed by atoms with Gasteiger partial charge < -0.3 is 14.2 Å². The zero-order valence-electron chi connectivity index (χ0n) is 54.7. The van der Waals surface area contributed by atoms with Gasteiger partial charge in [0.15, 0.2) is 6.10 Å². The molecular formula is C77H132O6. The molecule has 6 nitrogen and oxygen atoms in total. The summed E-state index contributed by atoms with van der Waals surface area (Å²) in [5.41, 5.74) is 0. The molecule has 0 heterocycles. The lowest BCUT2D eigenvalue weighted by molar-refractivity contribution is -0.167. The summed E-state index contributed by atoms with van der Waals surface area (Å²) in [6.07, 6.45) is 97.1. The van der Waals surface area contributed by atoms with E-state index in [0.717, 1.165) is 128 Å². The first-order valence-corrected chi connectivity index (χ1v) is 35.4. The first-order valence-electron chi connectivity index (χ1n) is 35.4. The molecule has 0 saturated carbocycles. The third kappa shape index (κ3) is 68.7. The van der Waals surface area contributed by atoms with E-state index < -0.39 is 6.10 Å². The fraction of sp³-hybridized carbons (Fsp3) is 0.727. The number of hydrogen-bond acceptors (Lipinski definition) is 6. The Hall–Kier alpha value is -3.93. The highest BCUT2D eigenvalue weighted by Crippen LogP contribution is 2.18. The van der Waals surface area contributed by atoms with Crippen LogP contribution < -0.4 is 0 Å². The van der Waals surface area contributed by atoms with Gasteiger partial charge in [0.05, 0.1) is 0 Å². The number of carbonyl (C=O) groups excluding carboxylic acids is 3. The SMILES string of the molecule is CC/C=C\C/C=C\C/C=C\C/C=C\CCCCCCCCCCCCCCCCCCCCCCCCC(=O)OCC(COC(=O)CCCCCCC/C=C\CCCC)OC(=O)CCCCCCCC/C=C\C/C=C\C/C=C\C/C=C\CC. The van der Waals surface area contributed by atoms with Gasteiger partial charge in [-0.05, 0) is 116 Å². The van der Waals surface area contributed by atoms with Crippen molar-refractivity contribution in [3.63, 3.8) is 0 Å². The van der Waals surface area contributed by atoms with Gasteiger partial charge >= 0.3 is 17.9 Å². The van der Waals surface area contributed by atoms with Gasteiger partial charge in [-0.25, -0.2) is 0 Å². The molecule has 0 spiro atoms. The van der Waals surface area contributed by atoms with E-state index in [4.69, 9.17) is 14.2 Å². The molecule has 0 amide bonds. The summed E-state index contributed by atoms with van der Waals surface area (Å²) < 4.78 is 16.9. The molecule has 0 aromatic carbocycles. The molecule has 0 aliphatic heterocycles. The minimum absolute atomic E-state index is 0.0834. The Morgan fingerprint density at radius 1 is 0.253 bits per heavy atom.